The van der Waals surface area contributed by atoms with Gasteiger partial charge in [-0.05, 0) is 25.1 Å². The van der Waals surface area contributed by atoms with E-state index in [1.807, 2.05) is 6.07 Å². The van der Waals surface area contributed by atoms with Crippen molar-refractivity contribution in [2.24, 2.45) is 0 Å². The lowest BCUT2D eigenvalue weighted by Crippen LogP contribution is -2.31. The maximum atomic E-state index is 12.0. The molecule has 0 aromatic heterocycles. The molecule has 0 N–H and O–H groups in total. The van der Waals surface area contributed by atoms with Gasteiger partial charge in [0.1, 0.15) is 12.3 Å². The van der Waals surface area contributed by atoms with E-state index in [1.54, 1.807) is 6.92 Å². The molecule has 96 valence electrons. The third-order valence-electron chi connectivity index (χ3n) is 2.24. The lowest BCUT2D eigenvalue weighted by molar-refractivity contribution is -0.0499. The highest BCUT2D eigenvalue weighted by molar-refractivity contribution is 5.94. The zero-order valence-corrected chi connectivity index (χ0v) is 9.77. The van der Waals surface area contributed by atoms with Crippen molar-refractivity contribution in [3.63, 3.8) is 0 Å². The summed E-state index contributed by atoms with van der Waals surface area (Å²) in [4.78, 5) is 13.2. The molecule has 0 aliphatic heterocycles. The Morgan fingerprint density at radius 2 is 2.28 bits per heavy atom. The molecule has 0 aliphatic carbocycles. The third-order valence-corrected chi connectivity index (χ3v) is 2.24. The van der Waals surface area contributed by atoms with Crippen molar-refractivity contribution in [3.8, 4) is 11.8 Å². The van der Waals surface area contributed by atoms with Crippen LogP contribution in [-0.4, -0.2) is 30.5 Å². The Morgan fingerprint density at radius 3 is 2.83 bits per heavy atom. The zero-order chi connectivity index (χ0) is 13.5. The topological polar surface area (TPSA) is 53.3 Å². The van der Waals surface area contributed by atoms with E-state index >= 15 is 0 Å². The second kappa shape index (κ2) is 6.55. The first-order chi connectivity index (χ1) is 8.58. The minimum Gasteiger partial charge on any atom is -0.435 e. The molecule has 6 heteroatoms. The summed E-state index contributed by atoms with van der Waals surface area (Å²) in [6, 6.07) is 7.37. The minimum atomic E-state index is -2.93. The van der Waals surface area contributed by atoms with Gasteiger partial charge in [-0.25, -0.2) is 0 Å². The van der Waals surface area contributed by atoms with Crippen molar-refractivity contribution in [2.45, 2.75) is 13.5 Å². The number of carbonyl (C=O) groups excluding carboxylic acids is 1. The van der Waals surface area contributed by atoms with Crippen LogP contribution < -0.4 is 4.74 Å². The Bertz CT molecular complexity index is 458. The normalized spacial score (nSPS) is 9.94. The van der Waals surface area contributed by atoms with Crippen molar-refractivity contribution in [2.75, 3.05) is 13.1 Å². The Kier molecular flexibility index (Phi) is 5.06. The summed E-state index contributed by atoms with van der Waals surface area (Å²) in [5, 5.41) is 8.57. The van der Waals surface area contributed by atoms with E-state index in [-0.39, 0.29) is 17.9 Å². The molecule has 4 nitrogen and oxygen atoms in total. The number of benzene rings is 1. The average Bonchev–Trinajstić information content (AvgIpc) is 2.34. The van der Waals surface area contributed by atoms with Gasteiger partial charge in [0, 0.05) is 12.1 Å². The molecule has 0 radical (unpaired) electrons. The molecular formula is C12H12F2N2O2. The Morgan fingerprint density at radius 1 is 1.56 bits per heavy atom. The van der Waals surface area contributed by atoms with Crippen LogP contribution in [0.15, 0.2) is 24.3 Å². The molecule has 0 bridgehead atoms. The largest absolute Gasteiger partial charge is 0.435 e. The second-order valence-electron chi connectivity index (χ2n) is 3.38. The minimum absolute atomic E-state index is 0.0464. The van der Waals surface area contributed by atoms with Crippen molar-refractivity contribution in [3.05, 3.63) is 29.8 Å². The number of rotatable bonds is 5. The number of amides is 1. The third kappa shape index (κ3) is 3.70. The average molecular weight is 254 g/mol. The molecular weight excluding hydrogens is 242 g/mol. The molecule has 0 saturated carbocycles. The molecule has 0 atom stereocenters. The summed E-state index contributed by atoms with van der Waals surface area (Å²) in [6.07, 6.45) is 0. The first kappa shape index (κ1) is 13.9. The fourth-order valence-corrected chi connectivity index (χ4v) is 1.40. The first-order valence-corrected chi connectivity index (χ1v) is 5.29. The monoisotopic (exact) mass is 254 g/mol. The number of hydrogen-bond acceptors (Lipinski definition) is 3. The molecule has 0 unspecified atom stereocenters. The Hall–Kier alpha value is -2.16. The predicted octanol–water partition coefficient (Wildman–Crippen LogP) is 2.27. The molecule has 1 amide bonds. The highest BCUT2D eigenvalue weighted by Gasteiger charge is 2.15. The van der Waals surface area contributed by atoms with Gasteiger partial charge in [0.25, 0.3) is 5.91 Å². The highest BCUT2D eigenvalue weighted by atomic mass is 19.3. The number of nitriles is 1. The fraction of sp³-hybridized carbons (Fsp3) is 0.333. The SMILES string of the molecule is CCN(CC#N)C(=O)c1cccc(OC(F)F)c1. The molecule has 0 aliphatic rings. The van der Waals surface area contributed by atoms with Crippen LogP contribution in [-0.2, 0) is 0 Å². The van der Waals surface area contributed by atoms with Crippen LogP contribution in [0.2, 0.25) is 0 Å². The van der Waals surface area contributed by atoms with Gasteiger partial charge in [0.2, 0.25) is 0 Å². The Balaban J connectivity index is 2.89. The second-order valence-corrected chi connectivity index (χ2v) is 3.38. The van der Waals surface area contributed by atoms with E-state index < -0.39 is 12.5 Å². The highest BCUT2D eigenvalue weighted by Crippen LogP contribution is 2.17. The van der Waals surface area contributed by atoms with Gasteiger partial charge in [0.15, 0.2) is 0 Å². The number of alkyl halides is 2. The van der Waals surface area contributed by atoms with Crippen molar-refractivity contribution in [1.82, 2.24) is 4.90 Å². The van der Waals surface area contributed by atoms with E-state index in [4.69, 9.17) is 5.26 Å². The van der Waals surface area contributed by atoms with Crippen LogP contribution in [0.25, 0.3) is 0 Å². The van der Waals surface area contributed by atoms with Gasteiger partial charge in [-0.3, -0.25) is 4.79 Å². The molecule has 1 aromatic carbocycles. The number of hydrogen-bond donors (Lipinski definition) is 0. The lowest BCUT2D eigenvalue weighted by atomic mass is 10.2. The van der Waals surface area contributed by atoms with Crippen molar-refractivity contribution in [1.29, 1.82) is 5.26 Å². The predicted molar refractivity (Wildman–Crippen MR) is 60.3 cm³/mol. The van der Waals surface area contributed by atoms with Crippen LogP contribution >= 0.6 is 0 Å². The van der Waals surface area contributed by atoms with E-state index in [2.05, 4.69) is 4.74 Å². The van der Waals surface area contributed by atoms with Crippen LogP contribution in [0.1, 0.15) is 17.3 Å². The number of carbonyl (C=O) groups is 1. The molecule has 1 aromatic rings. The zero-order valence-electron chi connectivity index (χ0n) is 9.77. The summed E-state index contributed by atoms with van der Waals surface area (Å²) >= 11 is 0. The van der Waals surface area contributed by atoms with Gasteiger partial charge in [-0.15, -0.1) is 0 Å². The first-order valence-electron chi connectivity index (χ1n) is 5.29. The van der Waals surface area contributed by atoms with Crippen molar-refractivity contribution < 1.29 is 18.3 Å². The Labute approximate surface area is 103 Å². The van der Waals surface area contributed by atoms with Crippen LogP contribution in [0.5, 0.6) is 5.75 Å². The number of nitrogens with zero attached hydrogens (tertiary/aromatic N) is 2. The number of halogens is 2. The van der Waals surface area contributed by atoms with E-state index in [9.17, 15) is 13.6 Å². The fourth-order valence-electron chi connectivity index (χ4n) is 1.40. The molecule has 0 spiro atoms. The summed E-state index contributed by atoms with van der Waals surface area (Å²) in [7, 11) is 0. The smallest absolute Gasteiger partial charge is 0.387 e. The maximum absolute atomic E-state index is 12.0. The van der Waals surface area contributed by atoms with E-state index in [0.29, 0.717) is 6.54 Å². The van der Waals surface area contributed by atoms with Gasteiger partial charge >= 0.3 is 6.61 Å². The van der Waals surface area contributed by atoms with Gasteiger partial charge in [-0.1, -0.05) is 6.07 Å². The molecule has 1 rings (SSSR count). The van der Waals surface area contributed by atoms with E-state index in [0.717, 1.165) is 0 Å². The van der Waals surface area contributed by atoms with Gasteiger partial charge in [-0.2, -0.15) is 14.0 Å². The molecule has 18 heavy (non-hydrogen) atoms. The summed E-state index contributed by atoms with van der Waals surface area (Å²) in [6.45, 7) is -0.882. The lowest BCUT2D eigenvalue weighted by Gasteiger charge is -2.17. The van der Waals surface area contributed by atoms with E-state index in [1.165, 1.54) is 29.2 Å². The standard InChI is InChI=1S/C12H12F2N2O2/c1-2-16(7-6-15)11(17)9-4-3-5-10(8-9)18-12(13)14/h3-5,8,12H,2,7H2,1H3. The summed E-state index contributed by atoms with van der Waals surface area (Å²) in [5.41, 5.74) is 0.213. The van der Waals surface area contributed by atoms with Gasteiger partial charge in [0.05, 0.1) is 6.07 Å². The summed E-state index contributed by atoms with van der Waals surface area (Å²) < 4.78 is 28.3. The quantitative estimate of drug-likeness (QED) is 0.757. The molecule has 0 heterocycles. The van der Waals surface area contributed by atoms with Crippen molar-refractivity contribution >= 4 is 5.91 Å². The van der Waals surface area contributed by atoms with Gasteiger partial charge < -0.3 is 9.64 Å². The molecule has 0 saturated heterocycles. The van der Waals surface area contributed by atoms with Crippen LogP contribution in [0.4, 0.5) is 8.78 Å². The summed E-state index contributed by atoms with van der Waals surface area (Å²) in [5.74, 6) is -0.470. The van der Waals surface area contributed by atoms with Crippen LogP contribution in [0.3, 0.4) is 0 Å². The maximum Gasteiger partial charge on any atom is 0.387 e. The van der Waals surface area contributed by atoms with Crippen LogP contribution in [0, 0.1) is 11.3 Å². The molecule has 0 fully saturated rings. The number of ether oxygens (including phenoxy) is 1.